The van der Waals surface area contributed by atoms with Crippen LogP contribution in [-0.2, 0) is 0 Å². The van der Waals surface area contributed by atoms with Crippen molar-refractivity contribution in [3.8, 4) is 0 Å². The molecule has 0 bridgehead atoms. The summed E-state index contributed by atoms with van der Waals surface area (Å²) in [7, 11) is 0. The third-order valence-electron chi connectivity index (χ3n) is 4.12. The van der Waals surface area contributed by atoms with Crippen LogP contribution in [0.15, 0.2) is 18.2 Å². The van der Waals surface area contributed by atoms with Gasteiger partial charge in [0.2, 0.25) is 0 Å². The van der Waals surface area contributed by atoms with Crippen molar-refractivity contribution in [3.05, 3.63) is 35.4 Å². The summed E-state index contributed by atoms with van der Waals surface area (Å²) in [6.07, 6.45) is 1.57. The van der Waals surface area contributed by atoms with Crippen molar-refractivity contribution < 1.29 is 18.4 Å². The van der Waals surface area contributed by atoms with Gasteiger partial charge in [0.25, 0.3) is 5.91 Å². The Balaban J connectivity index is 1.77. The van der Waals surface area contributed by atoms with E-state index in [0.717, 1.165) is 25.0 Å². The minimum atomic E-state index is -1.04. The van der Waals surface area contributed by atoms with Gasteiger partial charge in [0, 0.05) is 30.7 Å². The Labute approximate surface area is 146 Å². The number of benzene rings is 1. The Morgan fingerprint density at radius 2 is 1.80 bits per heavy atom. The van der Waals surface area contributed by atoms with Crippen LogP contribution in [0.5, 0.6) is 0 Å². The summed E-state index contributed by atoms with van der Waals surface area (Å²) >= 11 is 0. The molecule has 0 atom stereocenters. The fourth-order valence-corrected chi connectivity index (χ4v) is 2.72. The van der Waals surface area contributed by atoms with Crippen molar-refractivity contribution in [2.45, 2.75) is 39.2 Å². The number of hydrogen-bond acceptors (Lipinski definition) is 2. The van der Waals surface area contributed by atoms with Crippen molar-refractivity contribution in [1.29, 1.82) is 0 Å². The molecule has 1 heterocycles. The molecule has 1 aromatic rings. The van der Waals surface area contributed by atoms with Crippen LogP contribution in [0.3, 0.4) is 0 Å². The quantitative estimate of drug-likeness (QED) is 0.878. The van der Waals surface area contributed by atoms with E-state index in [9.17, 15) is 18.4 Å². The zero-order chi connectivity index (χ0) is 18.6. The molecule has 1 aliphatic heterocycles. The molecular weight excluding hydrogens is 328 g/mol. The summed E-state index contributed by atoms with van der Waals surface area (Å²) in [6.45, 7) is 7.52. The van der Waals surface area contributed by atoms with E-state index in [0.29, 0.717) is 19.6 Å². The molecule has 138 valence electrons. The van der Waals surface area contributed by atoms with Gasteiger partial charge in [0.1, 0.15) is 0 Å². The van der Waals surface area contributed by atoms with Crippen LogP contribution in [0, 0.1) is 17.6 Å². The Morgan fingerprint density at radius 3 is 2.36 bits per heavy atom. The van der Waals surface area contributed by atoms with E-state index in [1.165, 1.54) is 6.07 Å². The van der Waals surface area contributed by atoms with Crippen molar-refractivity contribution in [2.24, 2.45) is 5.92 Å². The number of likely N-dealkylation sites (tertiary alicyclic amines) is 1. The molecular formula is C18H25F2N3O2. The third kappa shape index (κ3) is 5.69. The first-order valence-corrected chi connectivity index (χ1v) is 8.46. The van der Waals surface area contributed by atoms with Crippen molar-refractivity contribution in [2.75, 3.05) is 19.6 Å². The van der Waals surface area contributed by atoms with Gasteiger partial charge in [-0.05, 0) is 57.7 Å². The van der Waals surface area contributed by atoms with Crippen molar-refractivity contribution in [1.82, 2.24) is 15.5 Å². The van der Waals surface area contributed by atoms with Gasteiger partial charge in [-0.25, -0.2) is 13.6 Å². The number of halogens is 2. The van der Waals surface area contributed by atoms with E-state index in [-0.39, 0.29) is 23.1 Å². The monoisotopic (exact) mass is 353 g/mol. The molecule has 25 heavy (non-hydrogen) atoms. The topological polar surface area (TPSA) is 61.4 Å². The molecule has 1 saturated heterocycles. The maximum atomic E-state index is 13.2. The highest BCUT2D eigenvalue weighted by molar-refractivity contribution is 5.94. The molecule has 0 unspecified atom stereocenters. The predicted molar refractivity (Wildman–Crippen MR) is 91.3 cm³/mol. The highest BCUT2D eigenvalue weighted by Crippen LogP contribution is 2.17. The summed E-state index contributed by atoms with van der Waals surface area (Å²) in [6, 6.07) is 3.02. The SMILES string of the molecule is CC(C)(C)NC(=O)N1CCC(CNC(=O)c2ccc(F)c(F)c2)CC1. The van der Waals surface area contributed by atoms with Gasteiger partial charge in [-0.1, -0.05) is 0 Å². The van der Waals surface area contributed by atoms with Gasteiger partial charge < -0.3 is 15.5 Å². The summed E-state index contributed by atoms with van der Waals surface area (Å²) in [5.41, 5.74) is -0.173. The molecule has 1 fully saturated rings. The lowest BCUT2D eigenvalue weighted by atomic mass is 9.96. The summed E-state index contributed by atoms with van der Waals surface area (Å²) in [5, 5.41) is 5.69. The zero-order valence-electron chi connectivity index (χ0n) is 14.9. The normalized spacial score (nSPS) is 15.8. The lowest BCUT2D eigenvalue weighted by Gasteiger charge is -2.34. The van der Waals surface area contributed by atoms with Crippen molar-refractivity contribution in [3.63, 3.8) is 0 Å². The molecule has 7 heteroatoms. The van der Waals surface area contributed by atoms with Crippen molar-refractivity contribution >= 4 is 11.9 Å². The number of carbonyl (C=O) groups is 2. The first kappa shape index (κ1) is 19.1. The molecule has 0 aliphatic carbocycles. The van der Waals surface area contributed by atoms with E-state index < -0.39 is 17.5 Å². The van der Waals surface area contributed by atoms with E-state index in [1.807, 2.05) is 20.8 Å². The van der Waals surface area contributed by atoms with Gasteiger partial charge in [-0.15, -0.1) is 0 Å². The minimum absolute atomic E-state index is 0.0724. The number of urea groups is 1. The van der Waals surface area contributed by atoms with Crippen LogP contribution in [0.1, 0.15) is 44.0 Å². The second-order valence-corrected chi connectivity index (χ2v) is 7.45. The number of nitrogens with one attached hydrogen (secondary N) is 2. The second kappa shape index (κ2) is 7.80. The van der Waals surface area contributed by atoms with Gasteiger partial charge in [-0.2, -0.15) is 0 Å². The maximum Gasteiger partial charge on any atom is 0.317 e. The predicted octanol–water partition coefficient (Wildman–Crippen LogP) is 2.91. The Morgan fingerprint density at radius 1 is 1.16 bits per heavy atom. The summed E-state index contributed by atoms with van der Waals surface area (Å²) in [4.78, 5) is 25.9. The molecule has 0 radical (unpaired) electrons. The largest absolute Gasteiger partial charge is 0.352 e. The first-order valence-electron chi connectivity index (χ1n) is 8.46. The fourth-order valence-electron chi connectivity index (χ4n) is 2.72. The van der Waals surface area contributed by atoms with Crippen LogP contribution in [0.4, 0.5) is 13.6 Å². The fraction of sp³-hybridized carbons (Fsp3) is 0.556. The number of piperidine rings is 1. The minimum Gasteiger partial charge on any atom is -0.352 e. The summed E-state index contributed by atoms with van der Waals surface area (Å²) in [5.74, 6) is -2.18. The third-order valence-corrected chi connectivity index (χ3v) is 4.12. The Bertz CT molecular complexity index is 636. The number of rotatable bonds is 3. The van der Waals surface area contributed by atoms with Crippen LogP contribution in [0.25, 0.3) is 0 Å². The number of amides is 3. The molecule has 2 rings (SSSR count). The van der Waals surface area contributed by atoms with Crippen LogP contribution < -0.4 is 10.6 Å². The van der Waals surface area contributed by atoms with Crippen LogP contribution >= 0.6 is 0 Å². The van der Waals surface area contributed by atoms with Gasteiger partial charge in [0.15, 0.2) is 11.6 Å². The van der Waals surface area contributed by atoms with E-state index in [4.69, 9.17) is 0 Å². The number of carbonyl (C=O) groups excluding carboxylic acids is 2. The van der Waals surface area contributed by atoms with Crippen LogP contribution in [-0.4, -0.2) is 42.0 Å². The molecule has 2 N–H and O–H groups in total. The molecule has 5 nitrogen and oxygen atoms in total. The molecule has 0 aromatic heterocycles. The number of nitrogens with zero attached hydrogens (tertiary/aromatic N) is 1. The van der Waals surface area contributed by atoms with Gasteiger partial charge in [-0.3, -0.25) is 4.79 Å². The van der Waals surface area contributed by atoms with Gasteiger partial charge >= 0.3 is 6.03 Å². The Kier molecular flexibility index (Phi) is 5.98. The van der Waals surface area contributed by atoms with Gasteiger partial charge in [0.05, 0.1) is 0 Å². The molecule has 1 aromatic carbocycles. The van der Waals surface area contributed by atoms with Crippen LogP contribution in [0.2, 0.25) is 0 Å². The van der Waals surface area contributed by atoms with E-state index >= 15 is 0 Å². The van der Waals surface area contributed by atoms with E-state index in [2.05, 4.69) is 10.6 Å². The maximum absolute atomic E-state index is 13.2. The lowest BCUT2D eigenvalue weighted by molar-refractivity contribution is 0.0936. The highest BCUT2D eigenvalue weighted by atomic mass is 19.2. The summed E-state index contributed by atoms with van der Waals surface area (Å²) < 4.78 is 26.1. The lowest BCUT2D eigenvalue weighted by Crippen LogP contribution is -2.51. The number of hydrogen-bond donors (Lipinski definition) is 2. The van der Waals surface area contributed by atoms with E-state index in [1.54, 1.807) is 4.90 Å². The molecule has 0 spiro atoms. The highest BCUT2D eigenvalue weighted by Gasteiger charge is 2.25. The standard InChI is InChI=1S/C18H25F2N3O2/c1-18(2,3)22-17(25)23-8-6-12(7-9-23)11-21-16(24)13-4-5-14(19)15(20)10-13/h4-5,10,12H,6-9,11H2,1-3H3,(H,21,24)(H,22,25). The molecule has 1 aliphatic rings. The first-order chi connectivity index (χ1) is 11.7. The molecule has 0 saturated carbocycles. The zero-order valence-corrected chi connectivity index (χ0v) is 14.9. The Hall–Kier alpha value is -2.18. The molecule has 3 amide bonds. The average Bonchev–Trinajstić information content (AvgIpc) is 2.54. The second-order valence-electron chi connectivity index (χ2n) is 7.45. The average molecular weight is 353 g/mol. The smallest absolute Gasteiger partial charge is 0.317 e.